The lowest BCUT2D eigenvalue weighted by molar-refractivity contribution is 0.242. The molecule has 0 spiro atoms. The summed E-state index contributed by atoms with van der Waals surface area (Å²) < 4.78 is 7.11. The maximum absolute atomic E-state index is 6.03. The van der Waals surface area contributed by atoms with E-state index >= 15 is 0 Å². The highest BCUT2D eigenvalue weighted by Crippen LogP contribution is 2.36. The summed E-state index contributed by atoms with van der Waals surface area (Å²) in [4.78, 5) is 0. The molecule has 2 rings (SSSR count). The SMILES string of the molecule is CCCNC(c1cc2cc(Br)ccc2o1)C(C)(C)C. The fourth-order valence-corrected chi connectivity index (χ4v) is 2.68. The Morgan fingerprint density at radius 3 is 2.63 bits per heavy atom. The molecule has 1 heterocycles. The van der Waals surface area contributed by atoms with Crippen molar-refractivity contribution in [1.82, 2.24) is 5.32 Å². The Morgan fingerprint density at radius 2 is 2.00 bits per heavy atom. The number of furan rings is 1. The minimum absolute atomic E-state index is 0.125. The molecule has 0 radical (unpaired) electrons. The van der Waals surface area contributed by atoms with Crippen LogP contribution in [-0.4, -0.2) is 6.54 Å². The Hall–Kier alpha value is -0.800. The predicted molar refractivity (Wildman–Crippen MR) is 84.4 cm³/mol. The first-order valence-corrected chi connectivity index (χ1v) is 7.63. The molecule has 0 fully saturated rings. The first-order valence-electron chi connectivity index (χ1n) is 6.84. The van der Waals surface area contributed by atoms with Crippen LogP contribution < -0.4 is 5.32 Å². The van der Waals surface area contributed by atoms with Crippen LogP contribution in [0.5, 0.6) is 0 Å². The largest absolute Gasteiger partial charge is 0.459 e. The maximum Gasteiger partial charge on any atom is 0.134 e. The van der Waals surface area contributed by atoms with Crippen LogP contribution in [0.4, 0.5) is 0 Å². The Balaban J connectivity index is 2.38. The van der Waals surface area contributed by atoms with Gasteiger partial charge in [-0.3, -0.25) is 0 Å². The second kappa shape index (κ2) is 5.68. The van der Waals surface area contributed by atoms with Crippen LogP contribution in [0.15, 0.2) is 33.2 Å². The highest BCUT2D eigenvalue weighted by atomic mass is 79.9. The van der Waals surface area contributed by atoms with Gasteiger partial charge in [-0.25, -0.2) is 0 Å². The number of nitrogens with one attached hydrogen (secondary N) is 1. The first-order chi connectivity index (χ1) is 8.91. The highest BCUT2D eigenvalue weighted by Gasteiger charge is 2.28. The van der Waals surface area contributed by atoms with E-state index in [-0.39, 0.29) is 11.5 Å². The Morgan fingerprint density at radius 1 is 1.26 bits per heavy atom. The molecule has 0 saturated carbocycles. The zero-order valence-electron chi connectivity index (χ0n) is 12.1. The van der Waals surface area contributed by atoms with Gasteiger partial charge in [0.2, 0.25) is 0 Å². The Labute approximate surface area is 123 Å². The summed E-state index contributed by atoms with van der Waals surface area (Å²) in [5, 5.41) is 4.75. The summed E-state index contributed by atoms with van der Waals surface area (Å²) in [7, 11) is 0. The molecule has 2 nitrogen and oxygen atoms in total. The van der Waals surface area contributed by atoms with Gasteiger partial charge in [0, 0.05) is 9.86 Å². The monoisotopic (exact) mass is 323 g/mol. The number of benzene rings is 1. The molecule has 0 aliphatic heterocycles. The molecule has 1 aromatic carbocycles. The third kappa shape index (κ3) is 3.40. The topological polar surface area (TPSA) is 25.2 Å². The quantitative estimate of drug-likeness (QED) is 0.827. The molecule has 0 amide bonds. The van der Waals surface area contributed by atoms with Crippen molar-refractivity contribution in [2.45, 2.75) is 40.2 Å². The summed E-state index contributed by atoms with van der Waals surface area (Å²) in [6.45, 7) is 9.90. The fourth-order valence-electron chi connectivity index (χ4n) is 2.30. The van der Waals surface area contributed by atoms with Crippen LogP contribution in [0.1, 0.15) is 45.9 Å². The lowest BCUT2D eigenvalue weighted by atomic mass is 9.85. The minimum Gasteiger partial charge on any atom is -0.459 e. The molecule has 0 aliphatic carbocycles. The third-order valence-corrected chi connectivity index (χ3v) is 3.74. The van der Waals surface area contributed by atoms with E-state index in [1.807, 2.05) is 12.1 Å². The number of halogens is 1. The fraction of sp³-hybridized carbons (Fsp3) is 0.500. The molecule has 0 bridgehead atoms. The van der Waals surface area contributed by atoms with Crippen molar-refractivity contribution < 1.29 is 4.42 Å². The van der Waals surface area contributed by atoms with Crippen molar-refractivity contribution in [2.75, 3.05) is 6.54 Å². The first kappa shape index (κ1) is 14.6. The van der Waals surface area contributed by atoms with Gasteiger partial charge < -0.3 is 9.73 Å². The zero-order chi connectivity index (χ0) is 14.0. The smallest absolute Gasteiger partial charge is 0.134 e. The minimum atomic E-state index is 0.125. The van der Waals surface area contributed by atoms with E-state index in [1.165, 1.54) is 0 Å². The number of hydrogen-bond acceptors (Lipinski definition) is 2. The van der Waals surface area contributed by atoms with Crippen molar-refractivity contribution in [3.63, 3.8) is 0 Å². The normalized spacial score (nSPS) is 13.9. The highest BCUT2D eigenvalue weighted by molar-refractivity contribution is 9.10. The van der Waals surface area contributed by atoms with Gasteiger partial charge in [0.05, 0.1) is 6.04 Å². The second-order valence-corrected chi connectivity index (χ2v) is 7.00. The number of hydrogen-bond donors (Lipinski definition) is 1. The van der Waals surface area contributed by atoms with Crippen LogP contribution >= 0.6 is 15.9 Å². The van der Waals surface area contributed by atoms with Crippen LogP contribution in [0.2, 0.25) is 0 Å². The predicted octanol–water partition coefficient (Wildman–Crippen LogP) is 5.28. The van der Waals surface area contributed by atoms with Crippen LogP contribution in [0.3, 0.4) is 0 Å². The van der Waals surface area contributed by atoms with E-state index in [4.69, 9.17) is 4.42 Å². The molecular formula is C16H22BrNO. The van der Waals surface area contributed by atoms with Crippen molar-refractivity contribution in [1.29, 1.82) is 0 Å². The summed E-state index contributed by atoms with van der Waals surface area (Å²) >= 11 is 3.50. The van der Waals surface area contributed by atoms with Crippen molar-refractivity contribution in [2.24, 2.45) is 5.41 Å². The van der Waals surface area contributed by atoms with Gasteiger partial charge >= 0.3 is 0 Å². The molecule has 3 heteroatoms. The van der Waals surface area contributed by atoms with Gasteiger partial charge in [-0.2, -0.15) is 0 Å². The third-order valence-electron chi connectivity index (χ3n) is 3.25. The molecule has 104 valence electrons. The van der Waals surface area contributed by atoms with Crippen molar-refractivity contribution in [3.8, 4) is 0 Å². The van der Waals surface area contributed by atoms with Crippen LogP contribution in [-0.2, 0) is 0 Å². The van der Waals surface area contributed by atoms with E-state index in [0.29, 0.717) is 0 Å². The summed E-state index contributed by atoms with van der Waals surface area (Å²) in [6, 6.07) is 8.52. The van der Waals surface area contributed by atoms with Gasteiger partial charge in [-0.15, -0.1) is 0 Å². The average molecular weight is 324 g/mol. The van der Waals surface area contributed by atoms with E-state index in [2.05, 4.69) is 61.1 Å². The zero-order valence-corrected chi connectivity index (χ0v) is 13.7. The Bertz CT molecular complexity index is 553. The molecule has 19 heavy (non-hydrogen) atoms. The van der Waals surface area contributed by atoms with Gasteiger partial charge in [0.25, 0.3) is 0 Å². The van der Waals surface area contributed by atoms with Crippen molar-refractivity contribution in [3.05, 3.63) is 34.5 Å². The van der Waals surface area contributed by atoms with E-state index in [1.54, 1.807) is 0 Å². The molecule has 1 aromatic heterocycles. The van der Waals surface area contributed by atoms with Crippen LogP contribution in [0, 0.1) is 5.41 Å². The van der Waals surface area contributed by atoms with Gasteiger partial charge in [0.15, 0.2) is 0 Å². The molecule has 2 aromatic rings. The Kier molecular flexibility index (Phi) is 4.36. The average Bonchev–Trinajstić information content (AvgIpc) is 2.70. The van der Waals surface area contributed by atoms with Gasteiger partial charge in [-0.1, -0.05) is 43.6 Å². The van der Waals surface area contributed by atoms with Gasteiger partial charge in [-0.05, 0) is 42.6 Å². The molecule has 1 N–H and O–H groups in total. The summed E-state index contributed by atoms with van der Waals surface area (Å²) in [5.74, 6) is 1.02. The van der Waals surface area contributed by atoms with E-state index < -0.39 is 0 Å². The second-order valence-electron chi connectivity index (χ2n) is 6.08. The van der Waals surface area contributed by atoms with Crippen molar-refractivity contribution >= 4 is 26.9 Å². The lowest BCUT2D eigenvalue weighted by Gasteiger charge is -2.29. The molecule has 1 unspecified atom stereocenters. The number of fused-ring (bicyclic) bond motifs is 1. The van der Waals surface area contributed by atoms with Gasteiger partial charge in [0.1, 0.15) is 11.3 Å². The molecular weight excluding hydrogens is 302 g/mol. The lowest BCUT2D eigenvalue weighted by Crippen LogP contribution is -2.32. The van der Waals surface area contributed by atoms with Crippen LogP contribution in [0.25, 0.3) is 11.0 Å². The molecule has 0 saturated heterocycles. The number of rotatable bonds is 4. The maximum atomic E-state index is 6.03. The standard InChI is InChI=1S/C16H22BrNO/c1-5-8-18-15(16(2,3)4)14-10-11-9-12(17)6-7-13(11)19-14/h6-7,9-10,15,18H,5,8H2,1-4H3. The summed E-state index contributed by atoms with van der Waals surface area (Å²) in [5.41, 5.74) is 1.08. The molecule has 0 aliphatic rings. The molecule has 1 atom stereocenters. The van der Waals surface area contributed by atoms with E-state index in [0.717, 1.165) is 34.2 Å². The van der Waals surface area contributed by atoms with E-state index in [9.17, 15) is 0 Å². The summed E-state index contributed by atoms with van der Waals surface area (Å²) in [6.07, 6.45) is 1.12.